The summed E-state index contributed by atoms with van der Waals surface area (Å²) < 4.78 is 0. The number of carbonyl (C=O) groups excluding carboxylic acids is 1. The average Bonchev–Trinajstić information content (AvgIpc) is 3.24. The van der Waals surface area contributed by atoms with Crippen LogP contribution in [0.25, 0.3) is 0 Å². The Morgan fingerprint density at radius 3 is 2.50 bits per heavy atom. The van der Waals surface area contributed by atoms with Crippen molar-refractivity contribution >= 4 is 5.91 Å². The molecule has 0 radical (unpaired) electrons. The minimum absolute atomic E-state index is 0.0436. The van der Waals surface area contributed by atoms with Crippen molar-refractivity contribution in [3.8, 4) is 6.07 Å². The molecule has 2 N–H and O–H groups in total. The van der Waals surface area contributed by atoms with Crippen LogP contribution in [-0.4, -0.2) is 47.2 Å². The zero-order valence-electron chi connectivity index (χ0n) is 12.9. The first-order valence-electron chi connectivity index (χ1n) is 7.57. The number of amides is 1. The van der Waals surface area contributed by atoms with Gasteiger partial charge in [0.25, 0.3) is 0 Å². The van der Waals surface area contributed by atoms with Crippen LogP contribution in [0.5, 0.6) is 0 Å². The third-order valence-electron chi connectivity index (χ3n) is 4.22. The highest BCUT2D eigenvalue weighted by Gasteiger charge is 2.43. The van der Waals surface area contributed by atoms with Gasteiger partial charge in [-0.3, -0.25) is 9.69 Å². The zero-order valence-corrected chi connectivity index (χ0v) is 12.9. The lowest BCUT2D eigenvalue weighted by Gasteiger charge is -2.31. The summed E-state index contributed by atoms with van der Waals surface area (Å²) in [5.74, 6) is 0.164. The van der Waals surface area contributed by atoms with E-state index in [1.165, 1.54) is 0 Å². The minimum atomic E-state index is -0.740. The second kappa shape index (κ2) is 7.61. The van der Waals surface area contributed by atoms with Crippen molar-refractivity contribution in [1.29, 1.82) is 5.26 Å². The van der Waals surface area contributed by atoms with Crippen molar-refractivity contribution < 1.29 is 9.90 Å². The van der Waals surface area contributed by atoms with Crippen LogP contribution in [0.15, 0.2) is 0 Å². The molecule has 1 rings (SSSR count). The molecule has 20 heavy (non-hydrogen) atoms. The second-order valence-electron chi connectivity index (χ2n) is 5.80. The van der Waals surface area contributed by atoms with Crippen molar-refractivity contribution in [2.24, 2.45) is 5.92 Å². The fourth-order valence-electron chi connectivity index (χ4n) is 2.72. The van der Waals surface area contributed by atoms with E-state index >= 15 is 0 Å². The lowest BCUT2D eigenvalue weighted by molar-refractivity contribution is -0.124. The number of carbonyl (C=O) groups is 1. The predicted molar refractivity (Wildman–Crippen MR) is 77.9 cm³/mol. The van der Waals surface area contributed by atoms with E-state index in [4.69, 9.17) is 5.11 Å². The standard InChI is InChI=1S/C15H27N3O2/c1-4-13(5-2)18(8-9-19)10-14(20)17-15(3,11-16)12-6-7-12/h12-13,19H,4-10H2,1-3H3,(H,17,20). The van der Waals surface area contributed by atoms with E-state index in [2.05, 4.69) is 25.2 Å². The Bertz CT molecular complexity index is 359. The Labute approximate surface area is 122 Å². The van der Waals surface area contributed by atoms with Crippen LogP contribution in [0.1, 0.15) is 46.5 Å². The molecular weight excluding hydrogens is 254 g/mol. The molecular formula is C15H27N3O2. The number of nitrogens with zero attached hydrogens (tertiary/aromatic N) is 2. The third-order valence-corrected chi connectivity index (χ3v) is 4.22. The maximum atomic E-state index is 12.2. The normalized spacial score (nSPS) is 17.9. The van der Waals surface area contributed by atoms with Gasteiger partial charge in [-0.15, -0.1) is 0 Å². The van der Waals surface area contributed by atoms with E-state index in [9.17, 15) is 10.1 Å². The van der Waals surface area contributed by atoms with Gasteiger partial charge >= 0.3 is 0 Å². The van der Waals surface area contributed by atoms with Gasteiger partial charge in [-0.25, -0.2) is 0 Å². The number of rotatable bonds is 9. The molecule has 0 saturated heterocycles. The largest absolute Gasteiger partial charge is 0.395 e. The van der Waals surface area contributed by atoms with E-state index in [1.54, 1.807) is 6.92 Å². The van der Waals surface area contributed by atoms with Crippen LogP contribution in [0, 0.1) is 17.2 Å². The Morgan fingerprint density at radius 2 is 2.10 bits per heavy atom. The maximum absolute atomic E-state index is 12.2. The van der Waals surface area contributed by atoms with Gasteiger partial charge in [0.05, 0.1) is 19.2 Å². The molecule has 1 fully saturated rings. The van der Waals surface area contributed by atoms with Crippen LogP contribution in [0.2, 0.25) is 0 Å². The molecule has 1 saturated carbocycles. The number of nitrogens with one attached hydrogen (secondary N) is 1. The molecule has 0 spiro atoms. The lowest BCUT2D eigenvalue weighted by Crippen LogP contribution is -2.52. The second-order valence-corrected chi connectivity index (χ2v) is 5.80. The molecule has 1 aliphatic rings. The van der Waals surface area contributed by atoms with Gasteiger partial charge in [-0.1, -0.05) is 13.8 Å². The number of aliphatic hydroxyl groups excluding tert-OH is 1. The first-order valence-corrected chi connectivity index (χ1v) is 7.57. The van der Waals surface area contributed by atoms with Gasteiger partial charge in [0.2, 0.25) is 5.91 Å². The predicted octanol–water partition coefficient (Wildman–Crippen LogP) is 1.28. The SMILES string of the molecule is CCC(CC)N(CCO)CC(=O)NC(C)(C#N)C1CC1. The molecule has 114 valence electrons. The van der Waals surface area contributed by atoms with Gasteiger partial charge in [-0.05, 0) is 38.5 Å². The first-order chi connectivity index (χ1) is 9.50. The zero-order chi connectivity index (χ0) is 15.2. The number of aliphatic hydroxyl groups is 1. The van der Waals surface area contributed by atoms with Gasteiger partial charge < -0.3 is 10.4 Å². The smallest absolute Gasteiger partial charge is 0.235 e. The Balaban J connectivity index is 2.59. The summed E-state index contributed by atoms with van der Waals surface area (Å²) in [6.45, 7) is 6.75. The van der Waals surface area contributed by atoms with Crippen molar-refractivity contribution in [1.82, 2.24) is 10.2 Å². The van der Waals surface area contributed by atoms with E-state index in [1.807, 2.05) is 4.90 Å². The summed E-state index contributed by atoms with van der Waals surface area (Å²) in [6, 6.07) is 2.53. The Morgan fingerprint density at radius 1 is 1.50 bits per heavy atom. The molecule has 5 heteroatoms. The maximum Gasteiger partial charge on any atom is 0.235 e. The van der Waals surface area contributed by atoms with Crippen molar-refractivity contribution in [2.75, 3.05) is 19.7 Å². The molecule has 0 aliphatic heterocycles. The van der Waals surface area contributed by atoms with Crippen LogP contribution in [0.4, 0.5) is 0 Å². The van der Waals surface area contributed by atoms with Crippen molar-refractivity contribution in [3.05, 3.63) is 0 Å². The fourth-order valence-corrected chi connectivity index (χ4v) is 2.72. The van der Waals surface area contributed by atoms with Crippen LogP contribution in [0.3, 0.4) is 0 Å². The molecule has 1 amide bonds. The Hall–Kier alpha value is -1.12. The summed E-state index contributed by atoms with van der Waals surface area (Å²) in [4.78, 5) is 14.2. The molecule has 0 aromatic heterocycles. The van der Waals surface area contributed by atoms with Crippen molar-refractivity contribution in [2.45, 2.75) is 58.0 Å². The third kappa shape index (κ3) is 4.46. The minimum Gasteiger partial charge on any atom is -0.395 e. The number of hydrogen-bond acceptors (Lipinski definition) is 4. The topological polar surface area (TPSA) is 76.4 Å². The van der Waals surface area contributed by atoms with Crippen LogP contribution < -0.4 is 5.32 Å². The van der Waals surface area contributed by atoms with E-state index < -0.39 is 5.54 Å². The monoisotopic (exact) mass is 281 g/mol. The van der Waals surface area contributed by atoms with Gasteiger partial charge in [0, 0.05) is 12.6 Å². The van der Waals surface area contributed by atoms with Gasteiger partial charge in [-0.2, -0.15) is 5.26 Å². The van der Waals surface area contributed by atoms with Crippen molar-refractivity contribution in [3.63, 3.8) is 0 Å². The first kappa shape index (κ1) is 16.9. The highest BCUT2D eigenvalue weighted by molar-refractivity contribution is 5.79. The number of hydrogen-bond donors (Lipinski definition) is 2. The molecule has 1 aliphatic carbocycles. The summed E-state index contributed by atoms with van der Waals surface area (Å²) in [5, 5.41) is 21.3. The quantitative estimate of drug-likeness (QED) is 0.667. The average molecular weight is 281 g/mol. The molecule has 1 unspecified atom stereocenters. The van der Waals surface area contributed by atoms with E-state index in [-0.39, 0.29) is 25.0 Å². The lowest BCUT2D eigenvalue weighted by atomic mass is 9.98. The van der Waals surface area contributed by atoms with Crippen LogP contribution in [-0.2, 0) is 4.79 Å². The van der Waals surface area contributed by atoms with Gasteiger partial charge in [0.15, 0.2) is 0 Å². The summed E-state index contributed by atoms with van der Waals surface area (Å²) in [7, 11) is 0. The highest BCUT2D eigenvalue weighted by atomic mass is 16.3. The summed E-state index contributed by atoms with van der Waals surface area (Å²) >= 11 is 0. The molecule has 0 aromatic rings. The molecule has 0 heterocycles. The molecule has 1 atom stereocenters. The molecule has 0 aromatic carbocycles. The molecule has 0 bridgehead atoms. The fraction of sp³-hybridized carbons (Fsp3) is 0.867. The van der Waals surface area contributed by atoms with Crippen LogP contribution >= 0.6 is 0 Å². The summed E-state index contributed by atoms with van der Waals surface area (Å²) in [5.41, 5.74) is -0.740. The van der Waals surface area contributed by atoms with E-state index in [0.29, 0.717) is 12.6 Å². The van der Waals surface area contributed by atoms with E-state index in [0.717, 1.165) is 25.7 Å². The van der Waals surface area contributed by atoms with Gasteiger partial charge in [0.1, 0.15) is 5.54 Å². The Kier molecular flexibility index (Phi) is 6.44. The highest BCUT2D eigenvalue weighted by Crippen LogP contribution is 2.39. The number of nitriles is 1. The molecule has 5 nitrogen and oxygen atoms in total. The summed E-state index contributed by atoms with van der Waals surface area (Å²) in [6.07, 6.45) is 3.92.